The zero-order valence-electron chi connectivity index (χ0n) is 18.1. The van der Waals surface area contributed by atoms with Crippen molar-refractivity contribution in [3.05, 3.63) is 88.9 Å². The lowest BCUT2D eigenvalue weighted by molar-refractivity contribution is 0.0631. The summed E-state index contributed by atoms with van der Waals surface area (Å²) in [4.78, 5) is 39.4. The van der Waals surface area contributed by atoms with Crippen molar-refractivity contribution in [3.8, 4) is 5.75 Å². The van der Waals surface area contributed by atoms with Crippen LogP contribution in [0.25, 0.3) is 0 Å². The number of nitrogens with zero attached hydrogens (tertiary/aromatic N) is 1. The number of carbonyl (C=O) groups is 3. The Balaban J connectivity index is 1.49. The first-order chi connectivity index (χ1) is 15.3. The van der Waals surface area contributed by atoms with Crippen LogP contribution in [0.15, 0.2) is 65.3 Å². The van der Waals surface area contributed by atoms with E-state index in [0.29, 0.717) is 11.3 Å². The standard InChI is InChI=1S/C25H24N2O5/c1-15(2)32-19-7-4-6-17(12-19)16(3)26-23(28)18-9-10-21-22(13-18)25(30)27(24(21)29)14-20-8-5-11-31-20/h4-13,15-16H,14H2,1-3H3,(H,26,28). The maximum absolute atomic E-state index is 12.8. The van der Waals surface area contributed by atoms with Gasteiger partial charge in [-0.2, -0.15) is 0 Å². The Morgan fingerprint density at radius 2 is 1.78 bits per heavy atom. The minimum atomic E-state index is -0.442. The van der Waals surface area contributed by atoms with Gasteiger partial charge in [0, 0.05) is 5.56 Å². The van der Waals surface area contributed by atoms with Gasteiger partial charge in [-0.05, 0) is 68.8 Å². The van der Waals surface area contributed by atoms with E-state index in [9.17, 15) is 14.4 Å². The number of fused-ring (bicyclic) bond motifs is 1. The molecule has 1 aliphatic heterocycles. The zero-order chi connectivity index (χ0) is 22.8. The predicted molar refractivity (Wildman–Crippen MR) is 117 cm³/mol. The highest BCUT2D eigenvalue weighted by atomic mass is 16.5. The zero-order valence-corrected chi connectivity index (χ0v) is 18.1. The van der Waals surface area contributed by atoms with E-state index in [1.54, 1.807) is 18.2 Å². The second kappa shape index (κ2) is 8.70. The number of hydrogen-bond acceptors (Lipinski definition) is 5. The lowest BCUT2D eigenvalue weighted by Gasteiger charge is -2.17. The van der Waals surface area contributed by atoms with Crippen molar-refractivity contribution in [2.24, 2.45) is 0 Å². The molecule has 1 aromatic heterocycles. The summed E-state index contributed by atoms with van der Waals surface area (Å²) in [5.74, 6) is 0.0680. The summed E-state index contributed by atoms with van der Waals surface area (Å²) in [6.07, 6.45) is 1.54. The van der Waals surface area contributed by atoms with Crippen LogP contribution in [-0.2, 0) is 6.54 Å². The molecular formula is C25H24N2O5. The molecule has 0 bridgehead atoms. The summed E-state index contributed by atoms with van der Waals surface area (Å²) in [7, 11) is 0. The molecule has 0 radical (unpaired) electrons. The fourth-order valence-electron chi connectivity index (χ4n) is 3.63. The quantitative estimate of drug-likeness (QED) is 0.561. The van der Waals surface area contributed by atoms with Gasteiger partial charge in [-0.25, -0.2) is 0 Å². The summed E-state index contributed by atoms with van der Waals surface area (Å²) < 4.78 is 11.0. The van der Waals surface area contributed by atoms with Crippen LogP contribution in [0.1, 0.15) is 69.2 Å². The molecule has 2 aromatic carbocycles. The number of carbonyl (C=O) groups excluding carboxylic acids is 3. The third-order valence-electron chi connectivity index (χ3n) is 5.20. The van der Waals surface area contributed by atoms with Gasteiger partial charge in [-0.1, -0.05) is 12.1 Å². The Labute approximate surface area is 186 Å². The number of hydrogen-bond donors (Lipinski definition) is 1. The molecule has 3 amide bonds. The van der Waals surface area contributed by atoms with Gasteiger partial charge in [0.2, 0.25) is 0 Å². The lowest BCUT2D eigenvalue weighted by atomic mass is 10.0. The Hall–Kier alpha value is -3.87. The molecule has 1 aliphatic rings. The number of ether oxygens (including phenoxy) is 1. The average molecular weight is 432 g/mol. The van der Waals surface area contributed by atoms with Crippen LogP contribution in [0, 0.1) is 0 Å². The number of imide groups is 1. The van der Waals surface area contributed by atoms with E-state index in [1.165, 1.54) is 18.4 Å². The second-order valence-electron chi connectivity index (χ2n) is 7.97. The van der Waals surface area contributed by atoms with E-state index in [4.69, 9.17) is 9.15 Å². The SMILES string of the molecule is CC(C)Oc1cccc(C(C)NC(=O)c2ccc3c(c2)C(=O)N(Cc2ccco2)C3=O)c1. The Morgan fingerprint density at radius 1 is 1.00 bits per heavy atom. The topological polar surface area (TPSA) is 88.8 Å². The number of nitrogens with one attached hydrogen (secondary N) is 1. The molecule has 164 valence electrons. The fourth-order valence-corrected chi connectivity index (χ4v) is 3.63. The molecule has 0 aliphatic carbocycles. The minimum absolute atomic E-state index is 0.0483. The number of furan rings is 1. The Bertz CT molecular complexity index is 1170. The first-order valence-corrected chi connectivity index (χ1v) is 10.4. The molecule has 0 saturated heterocycles. The molecule has 32 heavy (non-hydrogen) atoms. The van der Waals surface area contributed by atoms with Gasteiger partial charge in [-0.3, -0.25) is 19.3 Å². The largest absolute Gasteiger partial charge is 0.491 e. The second-order valence-corrected chi connectivity index (χ2v) is 7.97. The van der Waals surface area contributed by atoms with E-state index in [1.807, 2.05) is 45.0 Å². The molecule has 7 heteroatoms. The summed E-state index contributed by atoms with van der Waals surface area (Å²) >= 11 is 0. The van der Waals surface area contributed by atoms with Crippen molar-refractivity contribution in [1.82, 2.24) is 10.2 Å². The summed E-state index contributed by atoms with van der Waals surface area (Å²) in [5.41, 5.74) is 1.71. The third-order valence-corrected chi connectivity index (χ3v) is 5.20. The molecule has 0 fully saturated rings. The molecular weight excluding hydrogens is 408 g/mol. The summed E-state index contributed by atoms with van der Waals surface area (Å²) in [6, 6.07) is 15.2. The molecule has 0 spiro atoms. The van der Waals surface area contributed by atoms with E-state index in [0.717, 1.165) is 16.2 Å². The van der Waals surface area contributed by atoms with Gasteiger partial charge in [-0.15, -0.1) is 0 Å². The maximum atomic E-state index is 12.8. The van der Waals surface area contributed by atoms with Gasteiger partial charge < -0.3 is 14.5 Å². The van der Waals surface area contributed by atoms with Crippen molar-refractivity contribution in [3.63, 3.8) is 0 Å². The van der Waals surface area contributed by atoms with Crippen LogP contribution < -0.4 is 10.1 Å². The van der Waals surface area contributed by atoms with Gasteiger partial charge >= 0.3 is 0 Å². The Morgan fingerprint density at radius 3 is 2.50 bits per heavy atom. The van der Waals surface area contributed by atoms with E-state index in [-0.39, 0.29) is 35.7 Å². The molecule has 1 N–H and O–H groups in total. The third kappa shape index (κ3) is 4.27. The smallest absolute Gasteiger partial charge is 0.261 e. The molecule has 3 aromatic rings. The van der Waals surface area contributed by atoms with Gasteiger partial charge in [0.05, 0.1) is 36.1 Å². The van der Waals surface area contributed by atoms with E-state index < -0.39 is 11.8 Å². The van der Waals surface area contributed by atoms with Crippen molar-refractivity contribution >= 4 is 17.7 Å². The van der Waals surface area contributed by atoms with Crippen LogP contribution in [0.4, 0.5) is 0 Å². The van der Waals surface area contributed by atoms with Crippen LogP contribution in [0.5, 0.6) is 5.75 Å². The summed E-state index contributed by atoms with van der Waals surface area (Å²) in [6.45, 7) is 5.83. The minimum Gasteiger partial charge on any atom is -0.491 e. The van der Waals surface area contributed by atoms with Crippen molar-refractivity contribution in [2.75, 3.05) is 0 Å². The van der Waals surface area contributed by atoms with Crippen LogP contribution in [-0.4, -0.2) is 28.7 Å². The molecule has 2 heterocycles. The van der Waals surface area contributed by atoms with Crippen LogP contribution in [0.2, 0.25) is 0 Å². The lowest BCUT2D eigenvalue weighted by Crippen LogP contribution is -2.29. The molecule has 1 unspecified atom stereocenters. The molecule has 4 rings (SSSR count). The van der Waals surface area contributed by atoms with Crippen molar-refractivity contribution in [1.29, 1.82) is 0 Å². The van der Waals surface area contributed by atoms with Gasteiger partial charge in [0.15, 0.2) is 0 Å². The fraction of sp³-hybridized carbons (Fsp3) is 0.240. The number of rotatable bonds is 7. The van der Waals surface area contributed by atoms with E-state index in [2.05, 4.69) is 5.32 Å². The first kappa shape index (κ1) is 21.4. The highest BCUT2D eigenvalue weighted by Gasteiger charge is 2.36. The summed E-state index contributed by atoms with van der Waals surface area (Å²) in [5, 5.41) is 2.94. The van der Waals surface area contributed by atoms with Gasteiger partial charge in [0.1, 0.15) is 11.5 Å². The Kier molecular flexibility index (Phi) is 5.81. The van der Waals surface area contributed by atoms with Gasteiger partial charge in [0.25, 0.3) is 17.7 Å². The average Bonchev–Trinajstić information content (AvgIpc) is 3.36. The van der Waals surface area contributed by atoms with Crippen molar-refractivity contribution < 1.29 is 23.5 Å². The maximum Gasteiger partial charge on any atom is 0.261 e. The highest BCUT2D eigenvalue weighted by Crippen LogP contribution is 2.26. The number of benzene rings is 2. The highest BCUT2D eigenvalue weighted by molar-refractivity contribution is 6.22. The van der Waals surface area contributed by atoms with Crippen LogP contribution in [0.3, 0.4) is 0 Å². The monoisotopic (exact) mass is 432 g/mol. The first-order valence-electron chi connectivity index (χ1n) is 10.4. The predicted octanol–water partition coefficient (Wildman–Crippen LogP) is 4.35. The van der Waals surface area contributed by atoms with E-state index >= 15 is 0 Å². The number of amides is 3. The molecule has 1 atom stereocenters. The van der Waals surface area contributed by atoms with Crippen molar-refractivity contribution in [2.45, 2.75) is 39.5 Å². The molecule has 7 nitrogen and oxygen atoms in total. The normalized spacial score (nSPS) is 13.9. The van der Waals surface area contributed by atoms with Crippen LogP contribution >= 0.6 is 0 Å². The molecule has 0 saturated carbocycles.